The van der Waals surface area contributed by atoms with Gasteiger partial charge in [-0.15, -0.1) is 0 Å². The van der Waals surface area contributed by atoms with Crippen molar-refractivity contribution in [1.82, 2.24) is 5.32 Å². The minimum Gasteiger partial charge on any atom is -0.395 e. The quantitative estimate of drug-likeness (QED) is 0.694. The minimum atomic E-state index is -0.394. The van der Waals surface area contributed by atoms with Crippen LogP contribution in [0.1, 0.15) is 16.8 Å². The number of nitrogens with zero attached hydrogens (tertiary/aromatic N) is 1. The number of aliphatic hydroxyl groups is 1. The van der Waals surface area contributed by atoms with Crippen LogP contribution in [0, 0.1) is 11.3 Å². The molecule has 0 atom stereocenters. The third-order valence-corrected chi connectivity index (χ3v) is 2.07. The molecule has 0 unspecified atom stereocenters. The maximum atomic E-state index is 11.5. The molecular weight excluding hydrogens is 234 g/mol. The Bertz CT molecular complexity index is 462. The smallest absolute Gasteiger partial charge is 0.251 e. The van der Waals surface area contributed by atoms with Crippen LogP contribution in [0.2, 0.25) is 0 Å². The highest BCUT2D eigenvalue weighted by atomic mass is 16.3. The SMILES string of the molecule is N#CCC(=O)Nc1ccc(C(=O)NCCO)cc1. The van der Waals surface area contributed by atoms with Crippen molar-refractivity contribution in [3.05, 3.63) is 29.8 Å². The molecule has 0 radical (unpaired) electrons. The highest BCUT2D eigenvalue weighted by Gasteiger charge is 2.05. The summed E-state index contributed by atoms with van der Waals surface area (Å²) >= 11 is 0. The summed E-state index contributed by atoms with van der Waals surface area (Å²) in [6.07, 6.45) is -0.210. The van der Waals surface area contributed by atoms with E-state index in [0.717, 1.165) is 0 Å². The van der Waals surface area contributed by atoms with Gasteiger partial charge in [0.05, 0.1) is 12.7 Å². The van der Waals surface area contributed by atoms with Gasteiger partial charge < -0.3 is 15.7 Å². The summed E-state index contributed by atoms with van der Waals surface area (Å²) in [5, 5.41) is 21.9. The number of nitriles is 1. The van der Waals surface area contributed by atoms with E-state index in [1.807, 2.05) is 0 Å². The van der Waals surface area contributed by atoms with Gasteiger partial charge in [0.2, 0.25) is 5.91 Å². The van der Waals surface area contributed by atoms with Crippen LogP contribution in [-0.2, 0) is 4.79 Å². The first kappa shape index (κ1) is 13.7. The number of hydrogen-bond donors (Lipinski definition) is 3. The topological polar surface area (TPSA) is 102 Å². The van der Waals surface area contributed by atoms with Crippen LogP contribution in [0.3, 0.4) is 0 Å². The molecule has 0 saturated heterocycles. The van der Waals surface area contributed by atoms with E-state index < -0.39 is 5.91 Å². The average molecular weight is 247 g/mol. The van der Waals surface area contributed by atoms with E-state index in [-0.39, 0.29) is 25.5 Å². The Morgan fingerprint density at radius 3 is 2.50 bits per heavy atom. The lowest BCUT2D eigenvalue weighted by Gasteiger charge is -2.05. The molecule has 0 heterocycles. The molecule has 1 rings (SSSR count). The summed E-state index contributed by atoms with van der Waals surface area (Å²) in [4.78, 5) is 22.6. The molecule has 0 aliphatic heterocycles. The van der Waals surface area contributed by atoms with Crippen molar-refractivity contribution in [1.29, 1.82) is 5.26 Å². The summed E-state index contributed by atoms with van der Waals surface area (Å²) in [6, 6.07) is 7.99. The first-order valence-electron chi connectivity index (χ1n) is 5.33. The molecule has 18 heavy (non-hydrogen) atoms. The molecule has 1 aromatic rings. The zero-order valence-corrected chi connectivity index (χ0v) is 9.64. The molecule has 0 spiro atoms. The zero-order valence-electron chi connectivity index (χ0n) is 9.64. The van der Waals surface area contributed by atoms with Crippen molar-refractivity contribution in [2.24, 2.45) is 0 Å². The third kappa shape index (κ3) is 4.23. The number of amides is 2. The molecule has 1 aromatic carbocycles. The number of nitrogens with one attached hydrogen (secondary N) is 2. The maximum Gasteiger partial charge on any atom is 0.251 e. The van der Waals surface area contributed by atoms with E-state index in [2.05, 4.69) is 10.6 Å². The summed E-state index contributed by atoms with van der Waals surface area (Å²) in [5.41, 5.74) is 0.954. The summed E-state index contributed by atoms with van der Waals surface area (Å²) in [7, 11) is 0. The monoisotopic (exact) mass is 247 g/mol. The molecule has 0 bridgehead atoms. The standard InChI is InChI=1S/C12H13N3O3/c13-6-5-11(17)15-10-3-1-9(2-4-10)12(18)14-7-8-16/h1-4,16H,5,7-8H2,(H,14,18)(H,15,17). The maximum absolute atomic E-state index is 11.5. The van der Waals surface area contributed by atoms with Crippen LogP contribution < -0.4 is 10.6 Å². The van der Waals surface area contributed by atoms with E-state index in [1.165, 1.54) is 0 Å². The predicted molar refractivity (Wildman–Crippen MR) is 64.7 cm³/mol. The molecule has 0 fully saturated rings. The van der Waals surface area contributed by atoms with Gasteiger partial charge in [-0.05, 0) is 24.3 Å². The molecule has 94 valence electrons. The fourth-order valence-electron chi connectivity index (χ4n) is 1.25. The van der Waals surface area contributed by atoms with Gasteiger partial charge in [0.25, 0.3) is 5.91 Å². The molecule has 0 aromatic heterocycles. The lowest BCUT2D eigenvalue weighted by atomic mass is 10.2. The lowest BCUT2D eigenvalue weighted by molar-refractivity contribution is -0.115. The summed E-state index contributed by atoms with van der Waals surface area (Å²) < 4.78 is 0. The van der Waals surface area contributed by atoms with Crippen molar-refractivity contribution < 1.29 is 14.7 Å². The molecule has 0 aliphatic rings. The minimum absolute atomic E-state index is 0.117. The molecule has 3 N–H and O–H groups in total. The number of anilines is 1. The first-order valence-corrected chi connectivity index (χ1v) is 5.33. The molecule has 0 saturated carbocycles. The van der Waals surface area contributed by atoms with Crippen molar-refractivity contribution in [3.63, 3.8) is 0 Å². The fourth-order valence-corrected chi connectivity index (χ4v) is 1.25. The van der Waals surface area contributed by atoms with Crippen LogP contribution in [-0.4, -0.2) is 30.1 Å². The zero-order chi connectivity index (χ0) is 13.4. The Balaban J connectivity index is 2.60. The summed E-state index contributed by atoms with van der Waals surface area (Å²) in [5.74, 6) is -0.686. The van der Waals surface area contributed by atoms with Gasteiger partial charge in [-0.2, -0.15) is 5.26 Å². The van der Waals surface area contributed by atoms with E-state index in [9.17, 15) is 9.59 Å². The van der Waals surface area contributed by atoms with Crippen molar-refractivity contribution >= 4 is 17.5 Å². The number of benzene rings is 1. The number of carbonyl (C=O) groups is 2. The van der Waals surface area contributed by atoms with E-state index in [1.54, 1.807) is 30.3 Å². The van der Waals surface area contributed by atoms with Gasteiger partial charge in [-0.25, -0.2) is 0 Å². The van der Waals surface area contributed by atoms with Crippen LogP contribution in [0.15, 0.2) is 24.3 Å². The number of hydrogen-bond acceptors (Lipinski definition) is 4. The van der Waals surface area contributed by atoms with Gasteiger partial charge in [-0.1, -0.05) is 0 Å². The molecule has 0 aliphatic carbocycles. The van der Waals surface area contributed by atoms with Gasteiger partial charge in [0.1, 0.15) is 6.42 Å². The van der Waals surface area contributed by atoms with Crippen LogP contribution in [0.5, 0.6) is 0 Å². The molecule has 6 heteroatoms. The van der Waals surface area contributed by atoms with Crippen molar-refractivity contribution in [2.45, 2.75) is 6.42 Å². The number of rotatable bonds is 5. The second-order valence-electron chi connectivity index (χ2n) is 3.44. The van der Waals surface area contributed by atoms with Gasteiger partial charge in [0.15, 0.2) is 0 Å². The Hall–Kier alpha value is -2.39. The average Bonchev–Trinajstić information content (AvgIpc) is 2.37. The largest absolute Gasteiger partial charge is 0.395 e. The Morgan fingerprint density at radius 2 is 1.94 bits per heavy atom. The number of aliphatic hydroxyl groups excluding tert-OH is 1. The van der Waals surface area contributed by atoms with Crippen LogP contribution >= 0.6 is 0 Å². The van der Waals surface area contributed by atoms with E-state index in [0.29, 0.717) is 11.3 Å². The van der Waals surface area contributed by atoms with Gasteiger partial charge >= 0.3 is 0 Å². The number of carbonyl (C=O) groups excluding carboxylic acids is 2. The Kier molecular flexibility index (Phi) is 5.35. The van der Waals surface area contributed by atoms with E-state index >= 15 is 0 Å². The van der Waals surface area contributed by atoms with Crippen LogP contribution in [0.4, 0.5) is 5.69 Å². The molecule has 2 amide bonds. The Morgan fingerprint density at radius 1 is 1.28 bits per heavy atom. The van der Waals surface area contributed by atoms with Gasteiger partial charge in [-0.3, -0.25) is 9.59 Å². The van der Waals surface area contributed by atoms with Crippen molar-refractivity contribution in [2.75, 3.05) is 18.5 Å². The highest BCUT2D eigenvalue weighted by molar-refractivity contribution is 5.96. The molecule has 6 nitrogen and oxygen atoms in total. The first-order chi connectivity index (χ1) is 8.67. The second-order valence-corrected chi connectivity index (χ2v) is 3.44. The normalized spacial score (nSPS) is 9.33. The Labute approximate surface area is 104 Å². The van der Waals surface area contributed by atoms with Crippen molar-refractivity contribution in [3.8, 4) is 6.07 Å². The van der Waals surface area contributed by atoms with Crippen LogP contribution in [0.25, 0.3) is 0 Å². The highest BCUT2D eigenvalue weighted by Crippen LogP contribution is 2.09. The van der Waals surface area contributed by atoms with E-state index in [4.69, 9.17) is 10.4 Å². The predicted octanol–water partition coefficient (Wildman–Crippen LogP) is 0.261. The fraction of sp³-hybridized carbons (Fsp3) is 0.250. The second kappa shape index (κ2) is 7.04. The molecular formula is C12H13N3O3. The lowest BCUT2D eigenvalue weighted by Crippen LogP contribution is -2.26. The van der Waals surface area contributed by atoms with Gasteiger partial charge in [0, 0.05) is 17.8 Å². The summed E-state index contributed by atoms with van der Waals surface area (Å²) in [6.45, 7) is 0.0769. The third-order valence-electron chi connectivity index (χ3n) is 2.07.